The van der Waals surface area contributed by atoms with Crippen LogP contribution in [0.4, 0.5) is 0 Å². The van der Waals surface area contributed by atoms with Gasteiger partial charge >= 0.3 is 5.97 Å². The number of nitrogens with zero attached hydrogens (tertiary/aromatic N) is 2. The minimum Gasteiger partial charge on any atom is -0.481 e. The van der Waals surface area contributed by atoms with E-state index in [9.17, 15) is 9.59 Å². The number of likely N-dealkylation sites (N-methyl/N-ethyl adjacent to an activating group) is 1. The topological polar surface area (TPSA) is 70.5 Å². The Kier molecular flexibility index (Phi) is 5.27. The first kappa shape index (κ1) is 16.2. The second-order valence-corrected chi connectivity index (χ2v) is 6.00. The Labute approximate surface area is 133 Å². The molecule has 1 aromatic heterocycles. The zero-order valence-corrected chi connectivity index (χ0v) is 13.4. The molecule has 0 unspecified atom stereocenters. The smallest absolute Gasteiger partial charge is 0.305 e. The molecular formula is C16H18N2O3S. The number of hydrogen-bond acceptors (Lipinski definition) is 4. The van der Waals surface area contributed by atoms with Crippen LogP contribution in [0.25, 0.3) is 10.6 Å². The molecular weight excluding hydrogens is 300 g/mol. The molecule has 6 heteroatoms. The Bertz CT molecular complexity index is 664. The summed E-state index contributed by atoms with van der Waals surface area (Å²) in [6.07, 6.45) is 0.145. The Hall–Kier alpha value is -2.21. The molecule has 0 aliphatic rings. The Morgan fingerprint density at radius 3 is 2.59 bits per heavy atom. The highest BCUT2D eigenvalue weighted by atomic mass is 32.1. The van der Waals surface area contributed by atoms with Gasteiger partial charge in [0.2, 0.25) is 5.91 Å². The van der Waals surface area contributed by atoms with Gasteiger partial charge in [-0.05, 0) is 6.92 Å². The number of carbonyl (C=O) groups is 2. The largest absolute Gasteiger partial charge is 0.481 e. The van der Waals surface area contributed by atoms with E-state index in [4.69, 9.17) is 5.11 Å². The first-order valence-electron chi connectivity index (χ1n) is 6.93. The van der Waals surface area contributed by atoms with Crippen LogP contribution in [-0.4, -0.2) is 40.5 Å². The zero-order valence-electron chi connectivity index (χ0n) is 12.6. The minimum absolute atomic E-state index is 0.0477. The first-order valence-corrected chi connectivity index (χ1v) is 7.81. The summed E-state index contributed by atoms with van der Waals surface area (Å²) < 4.78 is 0. The van der Waals surface area contributed by atoms with Gasteiger partial charge in [0, 0.05) is 24.5 Å². The highest BCUT2D eigenvalue weighted by Gasteiger charge is 2.13. The summed E-state index contributed by atoms with van der Waals surface area (Å²) in [6, 6.07) is 8.08. The number of aromatic nitrogens is 1. The monoisotopic (exact) mass is 318 g/mol. The van der Waals surface area contributed by atoms with Crippen molar-refractivity contribution in [2.45, 2.75) is 19.8 Å². The van der Waals surface area contributed by atoms with Gasteiger partial charge in [0.05, 0.1) is 18.5 Å². The molecule has 0 bridgehead atoms. The van der Waals surface area contributed by atoms with Gasteiger partial charge in [-0.3, -0.25) is 9.59 Å². The minimum atomic E-state index is -0.907. The molecule has 5 nitrogen and oxygen atoms in total. The third-order valence-electron chi connectivity index (χ3n) is 3.27. The van der Waals surface area contributed by atoms with Gasteiger partial charge < -0.3 is 10.0 Å². The van der Waals surface area contributed by atoms with E-state index < -0.39 is 5.97 Å². The maximum atomic E-state index is 12.0. The number of rotatable bonds is 6. The lowest BCUT2D eigenvalue weighted by Gasteiger charge is -2.15. The van der Waals surface area contributed by atoms with Gasteiger partial charge in [0.15, 0.2) is 0 Å². The number of thiazole rings is 1. The molecule has 0 atom stereocenters. The third kappa shape index (κ3) is 4.39. The van der Waals surface area contributed by atoms with Crippen LogP contribution >= 0.6 is 11.3 Å². The van der Waals surface area contributed by atoms with Crippen LogP contribution in [-0.2, 0) is 16.0 Å². The van der Waals surface area contributed by atoms with Crippen LogP contribution in [0.5, 0.6) is 0 Å². The number of benzene rings is 1. The predicted octanol–water partition coefficient (Wildman–Crippen LogP) is 2.59. The van der Waals surface area contributed by atoms with Crippen molar-refractivity contribution in [1.82, 2.24) is 9.88 Å². The number of amides is 1. The maximum Gasteiger partial charge on any atom is 0.305 e. The zero-order chi connectivity index (χ0) is 16.1. The van der Waals surface area contributed by atoms with Crippen LogP contribution in [0.15, 0.2) is 29.6 Å². The molecule has 1 aromatic carbocycles. The van der Waals surface area contributed by atoms with E-state index in [-0.39, 0.29) is 25.3 Å². The maximum absolute atomic E-state index is 12.0. The lowest BCUT2D eigenvalue weighted by Crippen LogP contribution is -2.30. The summed E-state index contributed by atoms with van der Waals surface area (Å²) in [4.78, 5) is 28.4. The number of aliphatic carboxylic acids is 1. The fourth-order valence-corrected chi connectivity index (χ4v) is 2.72. The van der Waals surface area contributed by atoms with Gasteiger partial charge in [-0.15, -0.1) is 11.3 Å². The molecule has 0 saturated carbocycles. The lowest BCUT2D eigenvalue weighted by atomic mass is 10.2. The van der Waals surface area contributed by atoms with Crippen molar-refractivity contribution in [2.75, 3.05) is 13.6 Å². The van der Waals surface area contributed by atoms with Crippen molar-refractivity contribution in [1.29, 1.82) is 0 Å². The van der Waals surface area contributed by atoms with Gasteiger partial charge in [-0.1, -0.05) is 29.8 Å². The van der Waals surface area contributed by atoms with E-state index in [1.165, 1.54) is 21.8 Å². The molecule has 0 spiro atoms. The molecule has 0 saturated heterocycles. The van der Waals surface area contributed by atoms with Gasteiger partial charge in [-0.25, -0.2) is 4.98 Å². The molecule has 1 amide bonds. The molecule has 2 aromatic rings. The number of hydrogen-bond donors (Lipinski definition) is 1. The first-order chi connectivity index (χ1) is 10.5. The molecule has 0 fully saturated rings. The summed E-state index contributed by atoms with van der Waals surface area (Å²) in [7, 11) is 1.61. The standard InChI is InChI=1S/C16H18N2O3S/c1-11-3-5-12(6-4-11)16-17-13(10-22-16)9-14(19)18(2)8-7-15(20)21/h3-6,10H,7-9H2,1-2H3,(H,20,21). The molecule has 2 rings (SSSR count). The lowest BCUT2D eigenvalue weighted by molar-refractivity contribution is -0.138. The van der Waals surface area contributed by atoms with E-state index in [0.717, 1.165) is 10.6 Å². The van der Waals surface area contributed by atoms with E-state index in [1.54, 1.807) is 7.05 Å². The molecule has 0 radical (unpaired) electrons. The van der Waals surface area contributed by atoms with Crippen LogP contribution in [0.1, 0.15) is 17.7 Å². The van der Waals surface area contributed by atoms with Crippen LogP contribution in [0.2, 0.25) is 0 Å². The Morgan fingerprint density at radius 2 is 1.95 bits per heavy atom. The van der Waals surface area contributed by atoms with Crippen LogP contribution in [0, 0.1) is 6.92 Å². The van der Waals surface area contributed by atoms with E-state index >= 15 is 0 Å². The van der Waals surface area contributed by atoms with E-state index in [1.807, 2.05) is 36.6 Å². The summed E-state index contributed by atoms with van der Waals surface area (Å²) in [5.41, 5.74) is 2.94. The number of carboxylic acids is 1. The van der Waals surface area contributed by atoms with Crippen molar-refractivity contribution >= 4 is 23.2 Å². The van der Waals surface area contributed by atoms with Crippen molar-refractivity contribution in [2.24, 2.45) is 0 Å². The average Bonchev–Trinajstić information content (AvgIpc) is 2.93. The van der Waals surface area contributed by atoms with E-state index in [2.05, 4.69) is 4.98 Å². The fourth-order valence-electron chi connectivity index (χ4n) is 1.89. The average molecular weight is 318 g/mol. The predicted molar refractivity (Wildman–Crippen MR) is 85.9 cm³/mol. The second kappa shape index (κ2) is 7.17. The normalized spacial score (nSPS) is 10.5. The van der Waals surface area contributed by atoms with Gasteiger partial charge in [0.1, 0.15) is 5.01 Å². The summed E-state index contributed by atoms with van der Waals surface area (Å²) >= 11 is 1.50. The summed E-state index contributed by atoms with van der Waals surface area (Å²) in [5, 5.41) is 11.4. The van der Waals surface area contributed by atoms with Crippen molar-refractivity contribution in [3.8, 4) is 10.6 Å². The summed E-state index contributed by atoms with van der Waals surface area (Å²) in [5.74, 6) is -1.03. The fraction of sp³-hybridized carbons (Fsp3) is 0.312. The molecule has 1 N–H and O–H groups in total. The number of carbonyl (C=O) groups excluding carboxylic acids is 1. The second-order valence-electron chi connectivity index (χ2n) is 5.15. The molecule has 0 aliphatic carbocycles. The summed E-state index contributed by atoms with van der Waals surface area (Å²) in [6.45, 7) is 2.24. The van der Waals surface area contributed by atoms with Crippen LogP contribution in [0.3, 0.4) is 0 Å². The highest BCUT2D eigenvalue weighted by molar-refractivity contribution is 7.13. The third-order valence-corrected chi connectivity index (χ3v) is 4.21. The van der Waals surface area contributed by atoms with Gasteiger partial charge in [-0.2, -0.15) is 0 Å². The van der Waals surface area contributed by atoms with Crippen LogP contribution < -0.4 is 0 Å². The highest BCUT2D eigenvalue weighted by Crippen LogP contribution is 2.24. The number of aryl methyl sites for hydroxylation is 1. The van der Waals surface area contributed by atoms with Crippen molar-refractivity contribution in [3.63, 3.8) is 0 Å². The Balaban J connectivity index is 1.98. The molecule has 1 heterocycles. The van der Waals surface area contributed by atoms with Crippen molar-refractivity contribution in [3.05, 3.63) is 40.9 Å². The van der Waals surface area contributed by atoms with Gasteiger partial charge in [0.25, 0.3) is 0 Å². The molecule has 22 heavy (non-hydrogen) atoms. The molecule has 0 aliphatic heterocycles. The number of carboxylic acid groups (broad SMARTS) is 1. The van der Waals surface area contributed by atoms with Crippen molar-refractivity contribution < 1.29 is 14.7 Å². The van der Waals surface area contributed by atoms with E-state index in [0.29, 0.717) is 5.69 Å². The SMILES string of the molecule is Cc1ccc(-c2nc(CC(=O)N(C)CCC(=O)O)cs2)cc1. The Morgan fingerprint density at radius 1 is 1.27 bits per heavy atom. The quantitative estimate of drug-likeness (QED) is 0.889. The molecule has 116 valence electrons.